The standard InChI is InChI=1S/C13H11NO2S/c15-13(16)14-9-5-1-3-7-11(9)17-12-8-4-2-6-10(12)14/h1-9,11H,(H,15,16). The summed E-state index contributed by atoms with van der Waals surface area (Å²) in [7, 11) is 0. The van der Waals surface area contributed by atoms with Crippen LogP contribution in [0.15, 0.2) is 53.5 Å². The number of para-hydroxylation sites is 1. The number of anilines is 1. The Hall–Kier alpha value is -1.68. The molecular formula is C13H11NO2S. The van der Waals surface area contributed by atoms with Gasteiger partial charge in [0.15, 0.2) is 0 Å². The summed E-state index contributed by atoms with van der Waals surface area (Å²) in [5, 5.41) is 9.55. The van der Waals surface area contributed by atoms with Crippen molar-refractivity contribution in [1.82, 2.24) is 0 Å². The van der Waals surface area contributed by atoms with Crippen LogP contribution in [-0.2, 0) is 0 Å². The van der Waals surface area contributed by atoms with Crippen molar-refractivity contribution >= 4 is 23.5 Å². The molecule has 0 fully saturated rings. The number of carbonyl (C=O) groups is 1. The van der Waals surface area contributed by atoms with E-state index in [2.05, 4.69) is 6.08 Å². The van der Waals surface area contributed by atoms with Gasteiger partial charge in [-0.3, -0.25) is 4.90 Å². The quantitative estimate of drug-likeness (QED) is 0.763. The number of allylic oxidation sites excluding steroid dienone is 2. The molecule has 1 heterocycles. The molecule has 1 N–H and O–H groups in total. The molecule has 86 valence electrons. The Labute approximate surface area is 103 Å². The van der Waals surface area contributed by atoms with Crippen molar-refractivity contribution in [2.45, 2.75) is 16.2 Å². The number of hydrogen-bond donors (Lipinski definition) is 1. The zero-order valence-corrected chi connectivity index (χ0v) is 9.80. The van der Waals surface area contributed by atoms with Gasteiger partial charge in [-0.25, -0.2) is 4.79 Å². The van der Waals surface area contributed by atoms with Gasteiger partial charge in [-0.05, 0) is 12.1 Å². The summed E-state index contributed by atoms with van der Waals surface area (Å²) in [4.78, 5) is 13.9. The minimum Gasteiger partial charge on any atom is -0.465 e. The first-order valence-electron chi connectivity index (χ1n) is 5.40. The Morgan fingerprint density at radius 1 is 1.24 bits per heavy atom. The van der Waals surface area contributed by atoms with Crippen molar-refractivity contribution in [1.29, 1.82) is 0 Å². The van der Waals surface area contributed by atoms with Crippen LogP contribution in [0.1, 0.15) is 0 Å². The number of carboxylic acid groups (broad SMARTS) is 1. The minimum atomic E-state index is -0.896. The molecule has 3 nitrogen and oxygen atoms in total. The fourth-order valence-electron chi connectivity index (χ4n) is 2.21. The summed E-state index contributed by atoms with van der Waals surface area (Å²) < 4.78 is 0. The molecule has 17 heavy (non-hydrogen) atoms. The number of hydrogen-bond acceptors (Lipinski definition) is 2. The number of rotatable bonds is 0. The van der Waals surface area contributed by atoms with Crippen LogP contribution in [0.2, 0.25) is 0 Å². The summed E-state index contributed by atoms with van der Waals surface area (Å²) in [6, 6.07) is 7.54. The fraction of sp³-hybridized carbons (Fsp3) is 0.154. The van der Waals surface area contributed by atoms with E-state index in [0.29, 0.717) is 0 Å². The summed E-state index contributed by atoms with van der Waals surface area (Å²) in [5.74, 6) is 0. The lowest BCUT2D eigenvalue weighted by atomic mass is 10.1. The Morgan fingerprint density at radius 2 is 2.00 bits per heavy atom. The van der Waals surface area contributed by atoms with Crippen molar-refractivity contribution < 1.29 is 9.90 Å². The first-order chi connectivity index (χ1) is 8.27. The van der Waals surface area contributed by atoms with Crippen LogP contribution in [0.25, 0.3) is 0 Å². The van der Waals surface area contributed by atoms with Crippen LogP contribution in [0.4, 0.5) is 10.5 Å². The van der Waals surface area contributed by atoms with Crippen LogP contribution < -0.4 is 4.90 Å². The molecule has 2 atom stereocenters. The molecule has 0 saturated heterocycles. The van der Waals surface area contributed by atoms with Gasteiger partial charge in [0.05, 0.1) is 17.0 Å². The maximum Gasteiger partial charge on any atom is 0.412 e. The highest BCUT2D eigenvalue weighted by Gasteiger charge is 2.36. The summed E-state index contributed by atoms with van der Waals surface area (Å²) in [6.45, 7) is 0. The second-order valence-corrected chi connectivity index (χ2v) is 5.18. The topological polar surface area (TPSA) is 40.5 Å². The van der Waals surface area contributed by atoms with Gasteiger partial charge in [-0.2, -0.15) is 0 Å². The van der Waals surface area contributed by atoms with E-state index in [9.17, 15) is 9.90 Å². The van der Waals surface area contributed by atoms with Crippen molar-refractivity contribution in [2.75, 3.05) is 4.90 Å². The SMILES string of the molecule is O=C(O)N1c2ccccc2SC2C=CC=CC21. The van der Waals surface area contributed by atoms with Gasteiger partial charge in [0.2, 0.25) is 0 Å². The molecule has 0 radical (unpaired) electrons. The maximum atomic E-state index is 11.4. The molecule has 2 unspecified atom stereocenters. The zero-order valence-electron chi connectivity index (χ0n) is 8.98. The van der Waals surface area contributed by atoms with E-state index in [1.54, 1.807) is 11.8 Å². The zero-order chi connectivity index (χ0) is 11.8. The molecule has 3 rings (SSSR count). The van der Waals surface area contributed by atoms with Gasteiger partial charge >= 0.3 is 6.09 Å². The second-order valence-electron chi connectivity index (χ2n) is 3.96. The van der Waals surface area contributed by atoms with Gasteiger partial charge < -0.3 is 5.11 Å². The molecule has 1 aliphatic carbocycles. The van der Waals surface area contributed by atoms with E-state index in [4.69, 9.17) is 0 Å². The highest BCUT2D eigenvalue weighted by Crippen LogP contribution is 2.43. The fourth-order valence-corrected chi connectivity index (χ4v) is 3.47. The van der Waals surface area contributed by atoms with Crippen molar-refractivity contribution in [2.24, 2.45) is 0 Å². The van der Waals surface area contributed by atoms with E-state index in [-0.39, 0.29) is 11.3 Å². The molecular weight excluding hydrogens is 234 g/mol. The highest BCUT2D eigenvalue weighted by molar-refractivity contribution is 8.00. The predicted octanol–water partition coefficient (Wildman–Crippen LogP) is 3.14. The molecule has 0 bridgehead atoms. The predicted molar refractivity (Wildman–Crippen MR) is 68.7 cm³/mol. The molecule has 1 aromatic carbocycles. The third kappa shape index (κ3) is 1.65. The molecule has 2 aliphatic rings. The van der Waals surface area contributed by atoms with Gasteiger partial charge in [-0.15, -0.1) is 11.8 Å². The molecule has 0 spiro atoms. The van der Waals surface area contributed by atoms with Crippen LogP contribution in [-0.4, -0.2) is 22.5 Å². The summed E-state index contributed by atoms with van der Waals surface area (Å²) in [6.07, 6.45) is 6.99. The Balaban J connectivity index is 2.12. The van der Waals surface area contributed by atoms with E-state index < -0.39 is 6.09 Å². The Bertz CT molecular complexity index is 524. The molecule has 1 aliphatic heterocycles. The highest BCUT2D eigenvalue weighted by atomic mass is 32.2. The summed E-state index contributed by atoms with van der Waals surface area (Å²) in [5.41, 5.74) is 0.784. The van der Waals surface area contributed by atoms with E-state index in [1.807, 2.05) is 42.5 Å². The third-order valence-electron chi connectivity index (χ3n) is 2.95. The summed E-state index contributed by atoms with van der Waals surface area (Å²) >= 11 is 1.72. The van der Waals surface area contributed by atoms with E-state index >= 15 is 0 Å². The van der Waals surface area contributed by atoms with Crippen LogP contribution in [0.3, 0.4) is 0 Å². The minimum absolute atomic E-state index is 0.0996. The first-order valence-corrected chi connectivity index (χ1v) is 6.28. The molecule has 0 aromatic heterocycles. The lowest BCUT2D eigenvalue weighted by molar-refractivity contribution is 0.200. The second kappa shape index (κ2) is 3.96. The number of amides is 1. The molecule has 4 heteroatoms. The maximum absolute atomic E-state index is 11.4. The van der Waals surface area contributed by atoms with Crippen molar-refractivity contribution in [3.05, 3.63) is 48.6 Å². The molecule has 1 aromatic rings. The molecule has 0 saturated carbocycles. The number of fused-ring (bicyclic) bond motifs is 2. The van der Waals surface area contributed by atoms with Crippen LogP contribution in [0, 0.1) is 0 Å². The lowest BCUT2D eigenvalue weighted by Crippen LogP contribution is -2.47. The first kappa shape index (κ1) is 10.5. The van der Waals surface area contributed by atoms with Gasteiger partial charge in [-0.1, -0.05) is 36.4 Å². The third-order valence-corrected chi connectivity index (χ3v) is 4.26. The average molecular weight is 245 g/mol. The largest absolute Gasteiger partial charge is 0.465 e. The number of nitrogens with zero attached hydrogens (tertiary/aromatic N) is 1. The Kier molecular flexibility index (Phi) is 2.44. The number of benzene rings is 1. The van der Waals surface area contributed by atoms with Gasteiger partial charge in [0, 0.05) is 4.90 Å². The monoisotopic (exact) mass is 245 g/mol. The Morgan fingerprint density at radius 3 is 2.82 bits per heavy atom. The lowest BCUT2D eigenvalue weighted by Gasteiger charge is -2.38. The van der Waals surface area contributed by atoms with Gasteiger partial charge in [0.25, 0.3) is 0 Å². The average Bonchev–Trinajstić information content (AvgIpc) is 2.35. The van der Waals surface area contributed by atoms with Crippen molar-refractivity contribution in [3.63, 3.8) is 0 Å². The molecule has 1 amide bonds. The number of thioether (sulfide) groups is 1. The smallest absolute Gasteiger partial charge is 0.412 e. The van der Waals surface area contributed by atoms with Gasteiger partial charge in [0.1, 0.15) is 0 Å². The van der Waals surface area contributed by atoms with Crippen LogP contribution >= 0.6 is 11.8 Å². The van der Waals surface area contributed by atoms with Crippen molar-refractivity contribution in [3.8, 4) is 0 Å². The van der Waals surface area contributed by atoms with E-state index in [0.717, 1.165) is 10.6 Å². The van der Waals surface area contributed by atoms with Crippen LogP contribution in [0.5, 0.6) is 0 Å². The van der Waals surface area contributed by atoms with E-state index in [1.165, 1.54) is 4.90 Å². The normalized spacial score (nSPS) is 25.3.